The van der Waals surface area contributed by atoms with Crippen molar-refractivity contribution in [3.05, 3.63) is 98.8 Å². The third-order valence-corrected chi connectivity index (χ3v) is 6.85. The van der Waals surface area contributed by atoms with Gasteiger partial charge in [-0.3, -0.25) is 14.6 Å². The van der Waals surface area contributed by atoms with Gasteiger partial charge < -0.3 is 14.7 Å². The molecule has 8 heteroatoms. The monoisotopic (exact) mass is 524 g/mol. The van der Waals surface area contributed by atoms with Crippen LogP contribution in [0.5, 0.6) is 5.75 Å². The van der Waals surface area contributed by atoms with Crippen LogP contribution in [0.25, 0.3) is 5.76 Å². The van der Waals surface area contributed by atoms with Gasteiger partial charge >= 0.3 is 0 Å². The normalized spacial score (nSPS) is 17.2. The predicted molar refractivity (Wildman–Crippen MR) is 140 cm³/mol. The molecule has 1 aliphatic rings. The van der Waals surface area contributed by atoms with Crippen molar-refractivity contribution in [2.24, 2.45) is 0 Å². The third kappa shape index (κ3) is 4.97. The molecule has 1 amide bonds. The Balaban J connectivity index is 1.89. The van der Waals surface area contributed by atoms with E-state index >= 15 is 0 Å². The lowest BCUT2D eigenvalue weighted by Gasteiger charge is -2.26. The zero-order valence-electron chi connectivity index (χ0n) is 20.2. The van der Waals surface area contributed by atoms with Crippen molar-refractivity contribution in [2.75, 3.05) is 6.61 Å². The Hall–Kier alpha value is -3.35. The van der Waals surface area contributed by atoms with E-state index in [9.17, 15) is 14.7 Å². The van der Waals surface area contributed by atoms with Crippen LogP contribution in [0.15, 0.2) is 66.5 Å². The second kappa shape index (κ2) is 10.7. The molecule has 1 aliphatic heterocycles. The number of pyridine rings is 1. The van der Waals surface area contributed by atoms with E-state index in [1.54, 1.807) is 60.9 Å². The van der Waals surface area contributed by atoms with Crippen LogP contribution in [-0.2, 0) is 16.1 Å². The summed E-state index contributed by atoms with van der Waals surface area (Å²) in [5, 5.41) is 12.1. The molecular weight excluding hydrogens is 499 g/mol. The highest BCUT2D eigenvalue weighted by molar-refractivity contribution is 6.46. The highest BCUT2D eigenvalue weighted by Crippen LogP contribution is 2.42. The summed E-state index contributed by atoms with van der Waals surface area (Å²) in [7, 11) is 0. The Labute approximate surface area is 220 Å². The number of likely N-dealkylation sites (tertiary alicyclic amines) is 1. The number of halogens is 2. The van der Waals surface area contributed by atoms with E-state index < -0.39 is 17.7 Å². The molecule has 4 rings (SSSR count). The molecule has 0 spiro atoms. The number of aromatic nitrogens is 1. The summed E-state index contributed by atoms with van der Waals surface area (Å²) < 4.78 is 5.74. The molecule has 0 aliphatic carbocycles. The van der Waals surface area contributed by atoms with E-state index in [0.29, 0.717) is 28.5 Å². The van der Waals surface area contributed by atoms with Crippen LogP contribution in [0.2, 0.25) is 10.0 Å². The van der Waals surface area contributed by atoms with Crippen LogP contribution < -0.4 is 4.74 Å². The minimum atomic E-state index is -0.859. The fourth-order valence-corrected chi connectivity index (χ4v) is 4.65. The Morgan fingerprint density at radius 2 is 1.78 bits per heavy atom. The molecule has 186 valence electrons. The van der Waals surface area contributed by atoms with Crippen molar-refractivity contribution < 1.29 is 19.4 Å². The van der Waals surface area contributed by atoms with Gasteiger partial charge in [0, 0.05) is 24.5 Å². The van der Waals surface area contributed by atoms with E-state index in [0.717, 1.165) is 11.1 Å². The molecule has 2 heterocycles. The fraction of sp³-hybridized carbons (Fsp3) is 0.250. The fourth-order valence-electron chi connectivity index (χ4n) is 4.35. The summed E-state index contributed by atoms with van der Waals surface area (Å²) in [4.78, 5) is 32.0. The van der Waals surface area contributed by atoms with Crippen LogP contribution in [0.1, 0.15) is 55.0 Å². The summed E-state index contributed by atoms with van der Waals surface area (Å²) in [6.07, 6.45) is 3.24. The molecule has 1 N–H and O–H groups in total. The van der Waals surface area contributed by atoms with Crippen LogP contribution >= 0.6 is 23.2 Å². The van der Waals surface area contributed by atoms with Gasteiger partial charge in [0.2, 0.25) is 0 Å². The number of ketones is 1. The lowest BCUT2D eigenvalue weighted by atomic mass is 9.93. The van der Waals surface area contributed by atoms with Gasteiger partial charge in [0.15, 0.2) is 0 Å². The predicted octanol–water partition coefficient (Wildman–Crippen LogP) is 6.53. The number of rotatable bonds is 7. The number of hydrogen-bond acceptors (Lipinski definition) is 5. The first-order valence-electron chi connectivity index (χ1n) is 11.6. The van der Waals surface area contributed by atoms with Gasteiger partial charge in [-0.1, -0.05) is 43.1 Å². The van der Waals surface area contributed by atoms with Gasteiger partial charge in [0.25, 0.3) is 11.7 Å². The van der Waals surface area contributed by atoms with Crippen LogP contribution in [0, 0.1) is 0 Å². The number of ether oxygens (including phenoxy) is 1. The van der Waals surface area contributed by atoms with Gasteiger partial charge in [0.1, 0.15) is 11.5 Å². The maximum atomic E-state index is 13.3. The standard InChI is InChI=1S/C28H26Cl2N2O4/c1-4-36-23-8-6-19(13-20(23)16(2)3)26(33)24-25(18-5-7-21(29)22(30)14-18)32(28(35)27(24)34)15-17-9-11-31-12-10-17/h5-14,16,25,33H,4,15H2,1-3H3/b26-24-. The average molecular weight is 525 g/mol. The maximum Gasteiger partial charge on any atom is 0.295 e. The number of benzene rings is 2. The Morgan fingerprint density at radius 1 is 1.06 bits per heavy atom. The van der Waals surface area contributed by atoms with Crippen molar-refractivity contribution in [1.29, 1.82) is 0 Å². The highest BCUT2D eigenvalue weighted by Gasteiger charge is 2.46. The molecule has 1 unspecified atom stereocenters. The summed E-state index contributed by atoms with van der Waals surface area (Å²) in [6.45, 7) is 6.59. The zero-order chi connectivity index (χ0) is 26.0. The molecule has 1 atom stereocenters. The third-order valence-electron chi connectivity index (χ3n) is 6.11. The van der Waals surface area contributed by atoms with E-state index in [2.05, 4.69) is 4.98 Å². The Bertz CT molecular complexity index is 1340. The lowest BCUT2D eigenvalue weighted by molar-refractivity contribution is -0.140. The van der Waals surface area contributed by atoms with Gasteiger partial charge in [-0.25, -0.2) is 0 Å². The first-order valence-corrected chi connectivity index (χ1v) is 12.4. The Kier molecular flexibility index (Phi) is 7.67. The van der Waals surface area contributed by atoms with E-state index in [4.69, 9.17) is 27.9 Å². The Morgan fingerprint density at radius 3 is 2.42 bits per heavy atom. The molecule has 6 nitrogen and oxygen atoms in total. The van der Waals surface area contributed by atoms with Gasteiger partial charge in [0.05, 0.1) is 28.3 Å². The van der Waals surface area contributed by atoms with Crippen molar-refractivity contribution in [2.45, 2.75) is 39.3 Å². The lowest BCUT2D eigenvalue weighted by Crippen LogP contribution is -2.29. The van der Waals surface area contributed by atoms with Crippen molar-refractivity contribution >= 4 is 40.7 Å². The SMILES string of the molecule is CCOc1ccc(/C(O)=C2/C(=O)C(=O)N(Cc3ccncc3)C2c2ccc(Cl)c(Cl)c2)cc1C(C)C. The zero-order valence-corrected chi connectivity index (χ0v) is 21.7. The maximum absolute atomic E-state index is 13.3. The summed E-state index contributed by atoms with van der Waals surface area (Å²) in [5.41, 5.74) is 2.66. The first-order chi connectivity index (χ1) is 17.2. The quantitative estimate of drug-likeness (QED) is 0.216. The number of Topliss-reactive ketones (excluding diaryl/α,β-unsaturated/α-hetero) is 1. The molecular formula is C28H26Cl2N2O4. The summed E-state index contributed by atoms with van der Waals surface area (Å²) in [6, 6.07) is 12.9. The number of carbonyl (C=O) groups is 2. The molecule has 1 saturated heterocycles. The van der Waals surface area contributed by atoms with E-state index in [-0.39, 0.29) is 28.8 Å². The van der Waals surface area contributed by atoms with E-state index in [1.807, 2.05) is 20.8 Å². The molecule has 0 saturated carbocycles. The highest BCUT2D eigenvalue weighted by atomic mass is 35.5. The topological polar surface area (TPSA) is 79.7 Å². The average Bonchev–Trinajstić information content (AvgIpc) is 3.11. The first kappa shape index (κ1) is 25.7. The summed E-state index contributed by atoms with van der Waals surface area (Å²) in [5.74, 6) is -0.911. The minimum absolute atomic E-state index is 0.00805. The van der Waals surface area contributed by atoms with Gasteiger partial charge in [-0.15, -0.1) is 0 Å². The van der Waals surface area contributed by atoms with Crippen molar-refractivity contribution in [3.63, 3.8) is 0 Å². The van der Waals surface area contributed by atoms with Crippen molar-refractivity contribution in [3.8, 4) is 5.75 Å². The van der Waals surface area contributed by atoms with E-state index in [1.165, 1.54) is 4.90 Å². The molecule has 2 aromatic carbocycles. The number of aliphatic hydroxyl groups excluding tert-OH is 1. The smallest absolute Gasteiger partial charge is 0.295 e. The number of amides is 1. The van der Waals surface area contributed by atoms with Crippen molar-refractivity contribution in [1.82, 2.24) is 9.88 Å². The number of nitrogens with zero attached hydrogens (tertiary/aromatic N) is 2. The second-order valence-corrected chi connectivity index (χ2v) is 9.61. The van der Waals surface area contributed by atoms with Crippen LogP contribution in [0.3, 0.4) is 0 Å². The molecule has 0 radical (unpaired) electrons. The van der Waals surface area contributed by atoms with Crippen LogP contribution in [0.4, 0.5) is 0 Å². The molecule has 36 heavy (non-hydrogen) atoms. The van der Waals surface area contributed by atoms with Gasteiger partial charge in [-0.2, -0.15) is 0 Å². The number of aliphatic hydroxyl groups is 1. The molecule has 1 fully saturated rings. The second-order valence-electron chi connectivity index (χ2n) is 8.80. The minimum Gasteiger partial charge on any atom is -0.507 e. The molecule has 1 aromatic heterocycles. The van der Waals surface area contributed by atoms with Crippen LogP contribution in [-0.4, -0.2) is 33.3 Å². The number of carbonyl (C=O) groups excluding carboxylic acids is 2. The largest absolute Gasteiger partial charge is 0.507 e. The summed E-state index contributed by atoms with van der Waals surface area (Å²) >= 11 is 12.4. The molecule has 0 bridgehead atoms. The van der Waals surface area contributed by atoms with Gasteiger partial charge in [-0.05, 0) is 72.0 Å². The number of hydrogen-bond donors (Lipinski definition) is 1. The molecule has 3 aromatic rings.